The molecule has 3 aromatic carbocycles. The van der Waals surface area contributed by atoms with Gasteiger partial charge in [0.15, 0.2) is 5.66 Å². The van der Waals surface area contributed by atoms with Crippen molar-refractivity contribution in [2.24, 2.45) is 0 Å². The van der Waals surface area contributed by atoms with E-state index in [9.17, 15) is 9.90 Å². The highest BCUT2D eigenvalue weighted by atomic mass is 35.5. The molecule has 0 radical (unpaired) electrons. The topological polar surface area (TPSA) is 86.3 Å². The van der Waals surface area contributed by atoms with Crippen molar-refractivity contribution in [3.05, 3.63) is 93.5 Å². The van der Waals surface area contributed by atoms with E-state index >= 15 is 0 Å². The summed E-state index contributed by atoms with van der Waals surface area (Å²) in [5.41, 5.74) is 1.32. The second-order valence-electron chi connectivity index (χ2n) is 11.2. The van der Waals surface area contributed by atoms with Gasteiger partial charge in [0.25, 0.3) is 5.91 Å². The van der Waals surface area contributed by atoms with Crippen LogP contribution in [0.5, 0.6) is 11.5 Å². The summed E-state index contributed by atoms with van der Waals surface area (Å²) in [5, 5.41) is 18.3. The molecular weight excluding hydrogens is 587 g/mol. The lowest BCUT2D eigenvalue weighted by molar-refractivity contribution is -0.141. The van der Waals surface area contributed by atoms with Crippen LogP contribution in [0, 0.1) is 0 Å². The van der Waals surface area contributed by atoms with Crippen molar-refractivity contribution in [2.45, 2.75) is 44.6 Å². The third-order valence-corrected chi connectivity index (χ3v) is 8.47. The largest absolute Gasteiger partial charge is 0.494 e. The average molecular weight is 628 g/mol. The zero-order valence-electron chi connectivity index (χ0n) is 24.9. The minimum absolute atomic E-state index is 0.0919. The van der Waals surface area contributed by atoms with E-state index in [1.54, 1.807) is 0 Å². The summed E-state index contributed by atoms with van der Waals surface area (Å²) >= 11 is 12.6. The molecule has 2 aliphatic rings. The Morgan fingerprint density at radius 2 is 1.49 bits per heavy atom. The number of piperazine rings is 1. The Morgan fingerprint density at radius 1 is 0.930 bits per heavy atom. The monoisotopic (exact) mass is 626 g/mol. The number of carbonyl (C=O) groups is 1. The van der Waals surface area contributed by atoms with Gasteiger partial charge >= 0.3 is 0 Å². The molecule has 0 aromatic heterocycles. The van der Waals surface area contributed by atoms with Crippen LogP contribution in [0.4, 0.5) is 0 Å². The van der Waals surface area contributed by atoms with Crippen LogP contribution in [0.1, 0.15) is 49.5 Å². The third kappa shape index (κ3) is 6.95. The number of benzene rings is 3. The number of β-amino-alcohol motifs (C(OH)–C–C–N with tert-alkyl or cyclic N) is 1. The summed E-state index contributed by atoms with van der Waals surface area (Å²) < 4.78 is 12.2. The number of nitrogens with one attached hydrogen (secondary N) is 2. The number of ether oxygens (including phenoxy) is 2. The smallest absolute Gasteiger partial charge is 0.262 e. The first-order valence-corrected chi connectivity index (χ1v) is 15.6. The Hall–Kier alpha value is -2.85. The highest BCUT2D eigenvalue weighted by molar-refractivity contribution is 6.30. The standard InChI is InChI=1S/C33H40Cl2N4O4/c1-4-42-27-13-14-28(29(21-27)43-22(2)3)33(32(41)39-17-15-38(16-18-39)19-20-40)36-30(23-5-9-25(34)10-6-23)31(37-33)24-7-11-26(35)12-8-24/h5-14,21-22,30-31,36-37,40H,4,15-20H2,1-3H3. The molecule has 230 valence electrons. The molecule has 3 N–H and O–H groups in total. The highest BCUT2D eigenvalue weighted by Gasteiger charge is 2.54. The quantitative estimate of drug-likeness (QED) is 0.287. The summed E-state index contributed by atoms with van der Waals surface area (Å²) in [6, 6.07) is 20.5. The first-order chi connectivity index (χ1) is 20.7. The molecule has 10 heteroatoms. The van der Waals surface area contributed by atoms with E-state index in [1.165, 1.54) is 0 Å². The molecule has 0 bridgehead atoms. The first kappa shape index (κ1) is 31.6. The molecule has 2 saturated heterocycles. The minimum atomic E-state index is -1.33. The fourth-order valence-electron chi connectivity index (χ4n) is 5.93. The zero-order chi connectivity index (χ0) is 30.6. The van der Waals surface area contributed by atoms with Crippen molar-refractivity contribution in [1.82, 2.24) is 20.4 Å². The number of rotatable bonds is 10. The lowest BCUT2D eigenvalue weighted by atomic mass is 9.95. The van der Waals surface area contributed by atoms with Gasteiger partial charge in [-0.25, -0.2) is 0 Å². The van der Waals surface area contributed by atoms with Crippen LogP contribution >= 0.6 is 23.2 Å². The Balaban J connectivity index is 1.64. The average Bonchev–Trinajstić information content (AvgIpc) is 3.40. The van der Waals surface area contributed by atoms with Gasteiger partial charge in [0.05, 0.1) is 31.4 Å². The maximum Gasteiger partial charge on any atom is 0.262 e. The number of carbonyl (C=O) groups excluding carboxylic acids is 1. The van der Waals surface area contributed by atoms with Gasteiger partial charge in [0.2, 0.25) is 0 Å². The number of halogens is 2. The molecule has 2 heterocycles. The fourth-order valence-corrected chi connectivity index (χ4v) is 6.19. The van der Waals surface area contributed by atoms with E-state index in [-0.39, 0.29) is 30.7 Å². The van der Waals surface area contributed by atoms with Gasteiger partial charge < -0.3 is 19.5 Å². The van der Waals surface area contributed by atoms with E-state index in [4.69, 9.17) is 32.7 Å². The van der Waals surface area contributed by atoms with Crippen LogP contribution in [0.25, 0.3) is 0 Å². The number of aliphatic hydroxyl groups excluding tert-OH is 1. The van der Waals surface area contributed by atoms with E-state index < -0.39 is 5.66 Å². The molecule has 0 aliphatic carbocycles. The Kier molecular flexibility index (Phi) is 10.2. The predicted molar refractivity (Wildman–Crippen MR) is 170 cm³/mol. The zero-order valence-corrected chi connectivity index (χ0v) is 26.4. The molecule has 2 aliphatic heterocycles. The van der Waals surface area contributed by atoms with E-state index in [0.717, 1.165) is 11.1 Å². The molecule has 0 saturated carbocycles. The summed E-state index contributed by atoms with van der Waals surface area (Å²) in [7, 11) is 0. The second kappa shape index (κ2) is 13.8. The summed E-state index contributed by atoms with van der Waals surface area (Å²) in [6.45, 7) is 9.51. The molecule has 43 heavy (non-hydrogen) atoms. The summed E-state index contributed by atoms with van der Waals surface area (Å²) in [5.74, 6) is 1.15. The van der Waals surface area contributed by atoms with Gasteiger partial charge in [-0.3, -0.25) is 20.3 Å². The van der Waals surface area contributed by atoms with Crippen LogP contribution in [0.15, 0.2) is 66.7 Å². The van der Waals surface area contributed by atoms with Gasteiger partial charge in [0, 0.05) is 54.4 Å². The van der Waals surface area contributed by atoms with E-state index in [1.807, 2.05) is 92.4 Å². The Morgan fingerprint density at radius 3 is 1.98 bits per heavy atom. The Labute approximate surface area is 263 Å². The van der Waals surface area contributed by atoms with Crippen LogP contribution < -0.4 is 20.1 Å². The SMILES string of the molecule is CCOc1ccc(C2(C(=O)N3CCN(CCO)CC3)NC(c3ccc(Cl)cc3)C(c3ccc(Cl)cc3)N2)c(OC(C)C)c1. The molecular formula is C33H40Cl2N4O4. The predicted octanol–water partition coefficient (Wildman–Crippen LogP) is 5.14. The minimum Gasteiger partial charge on any atom is -0.494 e. The third-order valence-electron chi connectivity index (χ3n) is 7.96. The molecule has 2 atom stereocenters. The first-order valence-electron chi connectivity index (χ1n) is 14.9. The van der Waals surface area contributed by atoms with Crippen molar-refractivity contribution in [3.63, 3.8) is 0 Å². The summed E-state index contributed by atoms with van der Waals surface area (Å²) in [6.07, 6.45) is -0.134. The van der Waals surface area contributed by atoms with Crippen molar-refractivity contribution >= 4 is 29.1 Å². The van der Waals surface area contributed by atoms with Crippen molar-refractivity contribution in [3.8, 4) is 11.5 Å². The maximum atomic E-state index is 14.9. The molecule has 8 nitrogen and oxygen atoms in total. The number of aliphatic hydroxyl groups is 1. The highest BCUT2D eigenvalue weighted by Crippen LogP contribution is 2.45. The molecule has 0 spiro atoms. The lowest BCUT2D eigenvalue weighted by Gasteiger charge is -2.40. The molecule has 2 fully saturated rings. The Bertz CT molecular complexity index is 1330. The van der Waals surface area contributed by atoms with Crippen molar-refractivity contribution in [2.75, 3.05) is 45.9 Å². The van der Waals surface area contributed by atoms with Crippen LogP contribution in [-0.4, -0.2) is 72.9 Å². The van der Waals surface area contributed by atoms with Gasteiger partial charge in [-0.15, -0.1) is 0 Å². The maximum absolute atomic E-state index is 14.9. The normalized spacial score (nSPS) is 22.6. The van der Waals surface area contributed by atoms with E-state index in [0.29, 0.717) is 66.4 Å². The number of nitrogens with zero attached hydrogens (tertiary/aromatic N) is 2. The molecule has 1 amide bonds. The number of hydrogen-bond donors (Lipinski definition) is 3. The van der Waals surface area contributed by atoms with Crippen LogP contribution in [-0.2, 0) is 10.5 Å². The molecule has 3 aromatic rings. The number of amides is 1. The number of hydrogen-bond acceptors (Lipinski definition) is 7. The van der Waals surface area contributed by atoms with Gasteiger partial charge in [-0.05, 0) is 68.3 Å². The fraction of sp³-hybridized carbons (Fsp3) is 0.424. The van der Waals surface area contributed by atoms with Crippen molar-refractivity contribution in [1.29, 1.82) is 0 Å². The summed E-state index contributed by atoms with van der Waals surface area (Å²) in [4.78, 5) is 19.0. The van der Waals surface area contributed by atoms with Crippen molar-refractivity contribution < 1.29 is 19.4 Å². The van der Waals surface area contributed by atoms with Gasteiger partial charge in [-0.2, -0.15) is 0 Å². The molecule has 2 unspecified atom stereocenters. The van der Waals surface area contributed by atoms with E-state index in [2.05, 4.69) is 15.5 Å². The van der Waals surface area contributed by atoms with Crippen LogP contribution in [0.3, 0.4) is 0 Å². The van der Waals surface area contributed by atoms with Gasteiger partial charge in [-0.1, -0.05) is 47.5 Å². The van der Waals surface area contributed by atoms with Gasteiger partial charge in [0.1, 0.15) is 11.5 Å². The molecule has 5 rings (SSSR count). The second-order valence-corrected chi connectivity index (χ2v) is 12.1. The lowest BCUT2D eigenvalue weighted by Crippen LogP contribution is -2.62. The van der Waals surface area contributed by atoms with Crippen LogP contribution in [0.2, 0.25) is 10.0 Å².